The van der Waals surface area contributed by atoms with Crippen LogP contribution in [0.3, 0.4) is 0 Å². The van der Waals surface area contributed by atoms with Gasteiger partial charge in [-0.15, -0.1) is 0 Å². The third kappa shape index (κ3) is 2.97. The molecule has 36 heavy (non-hydrogen) atoms. The van der Waals surface area contributed by atoms with Crippen LogP contribution in [0.5, 0.6) is 0 Å². The van der Waals surface area contributed by atoms with E-state index < -0.39 is 29.0 Å². The van der Waals surface area contributed by atoms with Gasteiger partial charge >= 0.3 is 5.97 Å². The van der Waals surface area contributed by atoms with Crippen LogP contribution in [-0.2, 0) is 9.53 Å². The van der Waals surface area contributed by atoms with Gasteiger partial charge in [-0.05, 0) is 89.6 Å². The number of esters is 1. The van der Waals surface area contributed by atoms with E-state index in [0.717, 1.165) is 36.8 Å². The standard InChI is InChI=1S/C31H48O5/c1-26(2)15-19-18-9-10-21-28(5)13-12-22(32)27(3,4)20(28)11-14-29(21,6)30(18,7)23(33)17-31(19,24(34)16-26)25(35)36-8/h9-10,20-24,32-34H,11-17H2,1-8H3. The summed E-state index contributed by atoms with van der Waals surface area (Å²) in [7, 11) is 1.39. The summed E-state index contributed by atoms with van der Waals surface area (Å²) in [5.41, 5.74) is -0.186. The smallest absolute Gasteiger partial charge is 0.318 e. The minimum atomic E-state index is -1.19. The highest BCUT2D eigenvalue weighted by molar-refractivity contribution is 5.83. The first kappa shape index (κ1) is 26.4. The number of ether oxygens (including phenoxy) is 1. The van der Waals surface area contributed by atoms with Crippen molar-refractivity contribution in [2.24, 2.45) is 44.3 Å². The molecule has 0 heterocycles. The zero-order chi connectivity index (χ0) is 26.7. The highest BCUT2D eigenvalue weighted by atomic mass is 16.5. The zero-order valence-electron chi connectivity index (χ0n) is 23.6. The lowest BCUT2D eigenvalue weighted by Crippen LogP contribution is -2.67. The number of hydrogen-bond donors (Lipinski definition) is 3. The number of allylic oxidation sites excluding steroid dienone is 2. The van der Waals surface area contributed by atoms with Crippen LogP contribution in [0.1, 0.15) is 93.4 Å². The van der Waals surface area contributed by atoms with Crippen LogP contribution in [0.4, 0.5) is 0 Å². The van der Waals surface area contributed by atoms with E-state index in [-0.39, 0.29) is 40.1 Å². The summed E-state index contributed by atoms with van der Waals surface area (Å²) in [5.74, 6) is 0.236. The first-order valence-electron chi connectivity index (χ1n) is 14.1. The molecule has 0 amide bonds. The van der Waals surface area contributed by atoms with E-state index in [2.05, 4.69) is 60.6 Å². The highest BCUT2D eigenvalue weighted by Crippen LogP contribution is 2.74. The molecule has 0 aromatic heterocycles. The largest absolute Gasteiger partial charge is 0.468 e. The summed E-state index contributed by atoms with van der Waals surface area (Å²) in [6.07, 6.45) is 7.81. The minimum Gasteiger partial charge on any atom is -0.468 e. The quantitative estimate of drug-likeness (QED) is 0.432. The van der Waals surface area contributed by atoms with Crippen molar-refractivity contribution < 1.29 is 24.9 Å². The maximum absolute atomic E-state index is 13.4. The highest BCUT2D eigenvalue weighted by Gasteiger charge is 2.70. The number of rotatable bonds is 1. The van der Waals surface area contributed by atoms with Crippen molar-refractivity contribution in [1.82, 2.24) is 0 Å². The van der Waals surface area contributed by atoms with Crippen LogP contribution in [0, 0.1) is 44.3 Å². The van der Waals surface area contributed by atoms with Gasteiger partial charge in [-0.25, -0.2) is 0 Å². The molecule has 9 unspecified atom stereocenters. The van der Waals surface area contributed by atoms with Gasteiger partial charge in [-0.1, -0.05) is 60.6 Å². The van der Waals surface area contributed by atoms with E-state index in [9.17, 15) is 20.1 Å². The second-order valence-electron chi connectivity index (χ2n) is 15.1. The average molecular weight is 501 g/mol. The number of carbonyl (C=O) groups is 1. The molecule has 0 aromatic carbocycles. The fourth-order valence-corrected chi connectivity index (χ4v) is 10.4. The molecule has 5 nitrogen and oxygen atoms in total. The molecule has 5 rings (SSSR count). The Bertz CT molecular complexity index is 1020. The van der Waals surface area contributed by atoms with Gasteiger partial charge < -0.3 is 20.1 Å². The van der Waals surface area contributed by atoms with Crippen LogP contribution in [0.2, 0.25) is 0 Å². The van der Waals surface area contributed by atoms with E-state index in [1.807, 2.05) is 0 Å². The molecule has 5 aliphatic carbocycles. The predicted octanol–water partition coefficient (Wildman–Crippen LogP) is 5.18. The molecule has 0 spiro atoms. The van der Waals surface area contributed by atoms with Crippen molar-refractivity contribution in [2.45, 2.75) is 112 Å². The van der Waals surface area contributed by atoms with E-state index in [4.69, 9.17) is 4.74 Å². The first-order chi connectivity index (χ1) is 16.5. The molecule has 3 fully saturated rings. The lowest BCUT2D eigenvalue weighted by molar-refractivity contribution is -0.205. The van der Waals surface area contributed by atoms with Gasteiger partial charge in [0.15, 0.2) is 0 Å². The molecule has 202 valence electrons. The molecule has 0 saturated heterocycles. The number of fused-ring (bicyclic) bond motifs is 6. The predicted molar refractivity (Wildman–Crippen MR) is 140 cm³/mol. The molecule has 0 aliphatic heterocycles. The number of aliphatic hydroxyl groups is 3. The first-order valence-corrected chi connectivity index (χ1v) is 14.1. The minimum absolute atomic E-state index is 0.0212. The monoisotopic (exact) mass is 500 g/mol. The van der Waals surface area contributed by atoms with Gasteiger partial charge in [0.2, 0.25) is 0 Å². The Kier molecular flexibility index (Phi) is 5.65. The Balaban J connectivity index is 1.73. The van der Waals surface area contributed by atoms with Crippen molar-refractivity contribution in [2.75, 3.05) is 7.11 Å². The lowest BCUT2D eigenvalue weighted by atomic mass is 9.34. The number of aliphatic hydroxyl groups excluding tert-OH is 3. The van der Waals surface area contributed by atoms with Gasteiger partial charge in [0.1, 0.15) is 5.41 Å². The van der Waals surface area contributed by atoms with Crippen molar-refractivity contribution in [3.05, 3.63) is 23.3 Å². The SMILES string of the molecule is COC(=O)C12CC(O)C3(C)C(=C1CC(C)(C)CC2O)C=CC1C2(C)CCC(O)C(C)(C)C2CCC13C. The summed E-state index contributed by atoms with van der Waals surface area (Å²) in [6, 6.07) is 0. The summed E-state index contributed by atoms with van der Waals surface area (Å²) < 4.78 is 5.31. The molecule has 3 N–H and O–H groups in total. The van der Waals surface area contributed by atoms with Crippen LogP contribution in [-0.4, -0.2) is 46.7 Å². The summed E-state index contributed by atoms with van der Waals surface area (Å²) >= 11 is 0. The van der Waals surface area contributed by atoms with Crippen LogP contribution in [0.25, 0.3) is 0 Å². The van der Waals surface area contributed by atoms with Gasteiger partial charge in [-0.3, -0.25) is 4.79 Å². The zero-order valence-corrected chi connectivity index (χ0v) is 23.6. The number of methoxy groups -OCH3 is 1. The Hall–Kier alpha value is -1.17. The molecular weight excluding hydrogens is 452 g/mol. The van der Waals surface area contributed by atoms with Crippen molar-refractivity contribution in [1.29, 1.82) is 0 Å². The fourth-order valence-electron chi connectivity index (χ4n) is 10.4. The summed E-state index contributed by atoms with van der Waals surface area (Å²) in [5, 5.41) is 34.4. The maximum Gasteiger partial charge on any atom is 0.318 e. The number of hydrogen-bond acceptors (Lipinski definition) is 5. The van der Waals surface area contributed by atoms with E-state index in [0.29, 0.717) is 18.8 Å². The Labute approximate surface area is 217 Å². The molecule has 0 radical (unpaired) electrons. The lowest BCUT2D eigenvalue weighted by Gasteiger charge is -2.70. The van der Waals surface area contributed by atoms with E-state index >= 15 is 0 Å². The summed E-state index contributed by atoms with van der Waals surface area (Å²) in [4.78, 5) is 13.4. The Morgan fingerprint density at radius 3 is 2.22 bits per heavy atom. The van der Waals surface area contributed by atoms with Crippen LogP contribution >= 0.6 is 0 Å². The van der Waals surface area contributed by atoms with E-state index in [1.54, 1.807) is 0 Å². The van der Waals surface area contributed by atoms with Crippen molar-refractivity contribution in [3.8, 4) is 0 Å². The molecule has 3 saturated carbocycles. The maximum atomic E-state index is 13.4. The van der Waals surface area contributed by atoms with Crippen molar-refractivity contribution in [3.63, 3.8) is 0 Å². The Morgan fingerprint density at radius 1 is 0.917 bits per heavy atom. The van der Waals surface area contributed by atoms with Gasteiger partial charge in [0.25, 0.3) is 0 Å². The van der Waals surface area contributed by atoms with Crippen LogP contribution in [0.15, 0.2) is 23.3 Å². The third-order valence-electron chi connectivity index (χ3n) is 12.6. The van der Waals surface area contributed by atoms with Crippen molar-refractivity contribution >= 4 is 5.97 Å². The molecule has 9 atom stereocenters. The second kappa shape index (κ2) is 7.70. The van der Waals surface area contributed by atoms with Crippen LogP contribution < -0.4 is 0 Å². The fraction of sp³-hybridized carbons (Fsp3) is 0.839. The normalized spacial score (nSPS) is 50.9. The second-order valence-corrected chi connectivity index (χ2v) is 15.1. The number of carbonyl (C=O) groups excluding carboxylic acids is 1. The molecular formula is C31H48O5. The van der Waals surface area contributed by atoms with Gasteiger partial charge in [0, 0.05) is 5.41 Å². The van der Waals surface area contributed by atoms with Gasteiger partial charge in [-0.2, -0.15) is 0 Å². The van der Waals surface area contributed by atoms with Gasteiger partial charge in [0.05, 0.1) is 25.4 Å². The average Bonchev–Trinajstić information content (AvgIpc) is 2.77. The third-order valence-corrected chi connectivity index (χ3v) is 12.6. The molecule has 0 bridgehead atoms. The summed E-state index contributed by atoms with van der Waals surface area (Å²) in [6.45, 7) is 15.8. The van der Waals surface area contributed by atoms with E-state index in [1.165, 1.54) is 7.11 Å². The Morgan fingerprint density at radius 2 is 1.58 bits per heavy atom. The topological polar surface area (TPSA) is 87.0 Å². The molecule has 0 aromatic rings. The molecule has 5 aliphatic rings. The molecule has 5 heteroatoms.